The zero-order valence-electron chi connectivity index (χ0n) is 14.9. The Morgan fingerprint density at radius 1 is 0.960 bits per heavy atom. The lowest BCUT2D eigenvalue weighted by atomic mass is 10.0. The number of hydrogen-bond donors (Lipinski definition) is 3. The van der Waals surface area contributed by atoms with Crippen molar-refractivity contribution in [2.24, 2.45) is 5.73 Å². The molecular weight excluding hydrogens is 355 g/mol. The smallest absolute Gasteiger partial charge is 0.0818 e. The van der Waals surface area contributed by atoms with Gasteiger partial charge in [0.15, 0.2) is 0 Å². The first-order valence-electron chi connectivity index (χ1n) is 8.33. The van der Waals surface area contributed by atoms with Crippen molar-refractivity contribution in [1.82, 2.24) is 5.32 Å². The summed E-state index contributed by atoms with van der Waals surface area (Å²) >= 11 is 0. The summed E-state index contributed by atoms with van der Waals surface area (Å²) < 4.78 is 0. The third-order valence-electron chi connectivity index (χ3n) is 4.11. The maximum Gasteiger partial charge on any atom is 0.0818 e. The van der Waals surface area contributed by atoms with Gasteiger partial charge in [0, 0.05) is 19.1 Å². The number of halogens is 2. The molecule has 0 aliphatic carbocycles. The summed E-state index contributed by atoms with van der Waals surface area (Å²) in [4.78, 5) is 0. The number of aliphatic hydroxyl groups excluding tert-OH is 1. The van der Waals surface area contributed by atoms with Crippen molar-refractivity contribution < 1.29 is 5.11 Å². The van der Waals surface area contributed by atoms with Crippen LogP contribution in [0, 0.1) is 0 Å². The summed E-state index contributed by atoms with van der Waals surface area (Å²) in [5.41, 5.74) is 9.83. The zero-order valence-corrected chi connectivity index (χ0v) is 16.5. The molecule has 2 aromatic carbocycles. The maximum atomic E-state index is 10.2. The van der Waals surface area contributed by atoms with Gasteiger partial charge < -0.3 is 16.2 Å². The Labute approximate surface area is 163 Å². The van der Waals surface area contributed by atoms with Crippen LogP contribution < -0.4 is 11.1 Å². The molecule has 3 nitrogen and oxygen atoms in total. The molecule has 0 aliphatic heterocycles. The molecule has 2 aromatic rings. The highest BCUT2D eigenvalue weighted by Crippen LogP contribution is 2.15. The Kier molecular flexibility index (Phi) is 11.7. The van der Waals surface area contributed by atoms with Crippen LogP contribution in [-0.4, -0.2) is 23.8 Å². The lowest BCUT2D eigenvalue weighted by Crippen LogP contribution is -2.42. The molecule has 25 heavy (non-hydrogen) atoms. The standard InChI is InChI=1S/C20H28N2O.2ClH/c1-15(2)18-10-6-9-17(11-18)13-22-14-20(23)19(21)12-16-7-4-3-5-8-16;;/h3-11,15,19-20,22-23H,12-14,21H2,1-2H3;2*1H/t19-,20+;;/m0../s1. The Morgan fingerprint density at radius 3 is 2.24 bits per heavy atom. The maximum absolute atomic E-state index is 10.2. The second-order valence-electron chi connectivity index (χ2n) is 6.45. The molecule has 0 aromatic heterocycles. The van der Waals surface area contributed by atoms with E-state index in [0.29, 0.717) is 18.9 Å². The molecule has 140 valence electrons. The monoisotopic (exact) mass is 384 g/mol. The number of nitrogens with two attached hydrogens (primary N) is 1. The lowest BCUT2D eigenvalue weighted by Gasteiger charge is -2.19. The fraction of sp³-hybridized carbons (Fsp3) is 0.400. The van der Waals surface area contributed by atoms with Gasteiger partial charge in [-0.25, -0.2) is 0 Å². The number of rotatable bonds is 8. The second-order valence-corrected chi connectivity index (χ2v) is 6.45. The van der Waals surface area contributed by atoms with Crippen molar-refractivity contribution in [2.45, 2.75) is 44.9 Å². The largest absolute Gasteiger partial charge is 0.390 e. The van der Waals surface area contributed by atoms with Gasteiger partial charge in [-0.15, -0.1) is 24.8 Å². The predicted octanol–water partition coefficient (Wildman–Crippen LogP) is 3.67. The first-order chi connectivity index (χ1) is 11.1. The number of hydrogen-bond acceptors (Lipinski definition) is 3. The van der Waals surface area contributed by atoms with E-state index < -0.39 is 6.10 Å². The van der Waals surface area contributed by atoms with Gasteiger partial charge >= 0.3 is 0 Å². The van der Waals surface area contributed by atoms with Gasteiger partial charge in [0.1, 0.15) is 0 Å². The molecule has 0 saturated carbocycles. The van der Waals surface area contributed by atoms with E-state index in [2.05, 4.69) is 43.4 Å². The summed E-state index contributed by atoms with van der Waals surface area (Å²) in [5.74, 6) is 0.528. The Balaban J connectivity index is 0.00000288. The Bertz CT molecular complexity index is 593. The van der Waals surface area contributed by atoms with Crippen molar-refractivity contribution in [3.8, 4) is 0 Å². The molecular formula is C20H30Cl2N2O. The molecule has 5 heteroatoms. The minimum atomic E-state index is -0.552. The summed E-state index contributed by atoms with van der Waals surface area (Å²) in [5, 5.41) is 13.5. The van der Waals surface area contributed by atoms with Crippen LogP contribution in [0.1, 0.15) is 36.5 Å². The van der Waals surface area contributed by atoms with E-state index in [1.807, 2.05) is 30.3 Å². The summed E-state index contributed by atoms with van der Waals surface area (Å²) in [7, 11) is 0. The van der Waals surface area contributed by atoms with Crippen molar-refractivity contribution in [1.29, 1.82) is 0 Å². The summed E-state index contributed by atoms with van der Waals surface area (Å²) in [6.45, 7) is 5.63. The first-order valence-corrected chi connectivity index (χ1v) is 8.33. The predicted molar refractivity (Wildman–Crippen MR) is 111 cm³/mol. The molecule has 2 atom stereocenters. The summed E-state index contributed by atoms with van der Waals surface area (Å²) in [6, 6.07) is 18.4. The minimum Gasteiger partial charge on any atom is -0.390 e. The van der Waals surface area contributed by atoms with Crippen LogP contribution in [0.3, 0.4) is 0 Å². The van der Waals surface area contributed by atoms with Crippen molar-refractivity contribution >= 4 is 24.8 Å². The second kappa shape index (κ2) is 12.3. The lowest BCUT2D eigenvalue weighted by molar-refractivity contribution is 0.141. The molecule has 0 radical (unpaired) electrons. The molecule has 0 bridgehead atoms. The number of aliphatic hydroxyl groups is 1. The quantitative estimate of drug-likeness (QED) is 0.650. The molecule has 0 unspecified atom stereocenters. The SMILES string of the molecule is CC(C)c1cccc(CNC[C@@H](O)[C@@H](N)Cc2ccccc2)c1.Cl.Cl. The number of benzene rings is 2. The topological polar surface area (TPSA) is 58.3 Å². The van der Waals surface area contributed by atoms with Crippen LogP contribution in [0.15, 0.2) is 54.6 Å². The van der Waals surface area contributed by atoms with Gasteiger partial charge in [0.25, 0.3) is 0 Å². The van der Waals surface area contributed by atoms with Gasteiger partial charge in [-0.1, -0.05) is 68.4 Å². The van der Waals surface area contributed by atoms with Crippen molar-refractivity contribution in [2.75, 3.05) is 6.54 Å². The van der Waals surface area contributed by atoms with E-state index in [9.17, 15) is 5.11 Å². The van der Waals surface area contributed by atoms with Gasteiger partial charge in [0.05, 0.1) is 6.10 Å². The molecule has 0 amide bonds. The molecule has 0 spiro atoms. The molecule has 0 heterocycles. The van der Waals surface area contributed by atoms with E-state index in [0.717, 1.165) is 12.1 Å². The third kappa shape index (κ3) is 8.21. The molecule has 4 N–H and O–H groups in total. The van der Waals surface area contributed by atoms with Crippen LogP contribution in [-0.2, 0) is 13.0 Å². The fourth-order valence-corrected chi connectivity index (χ4v) is 2.60. The van der Waals surface area contributed by atoms with Crippen LogP contribution in [0.5, 0.6) is 0 Å². The van der Waals surface area contributed by atoms with Crippen LogP contribution in [0.2, 0.25) is 0 Å². The normalized spacial score (nSPS) is 12.8. The average molecular weight is 385 g/mol. The van der Waals surface area contributed by atoms with Crippen LogP contribution in [0.4, 0.5) is 0 Å². The van der Waals surface area contributed by atoms with Crippen molar-refractivity contribution in [3.05, 3.63) is 71.3 Å². The van der Waals surface area contributed by atoms with Crippen LogP contribution in [0.25, 0.3) is 0 Å². The fourth-order valence-electron chi connectivity index (χ4n) is 2.60. The highest BCUT2D eigenvalue weighted by atomic mass is 35.5. The average Bonchev–Trinajstić information content (AvgIpc) is 2.56. The van der Waals surface area contributed by atoms with E-state index in [4.69, 9.17) is 5.73 Å². The molecule has 0 fully saturated rings. The van der Waals surface area contributed by atoms with Gasteiger partial charge in [-0.05, 0) is 29.0 Å². The number of nitrogens with one attached hydrogen (secondary N) is 1. The van der Waals surface area contributed by atoms with E-state index >= 15 is 0 Å². The first kappa shape index (κ1) is 23.9. The van der Waals surface area contributed by atoms with Crippen LogP contribution >= 0.6 is 24.8 Å². The molecule has 2 rings (SSSR count). The van der Waals surface area contributed by atoms with E-state index in [1.165, 1.54) is 11.1 Å². The Morgan fingerprint density at radius 2 is 1.60 bits per heavy atom. The third-order valence-corrected chi connectivity index (χ3v) is 4.11. The highest BCUT2D eigenvalue weighted by molar-refractivity contribution is 5.85. The minimum absolute atomic E-state index is 0. The molecule has 0 aliphatic rings. The van der Waals surface area contributed by atoms with E-state index in [-0.39, 0.29) is 30.9 Å². The van der Waals surface area contributed by atoms with Gasteiger partial charge in [-0.3, -0.25) is 0 Å². The highest BCUT2D eigenvalue weighted by Gasteiger charge is 2.14. The summed E-state index contributed by atoms with van der Waals surface area (Å²) in [6.07, 6.45) is 0.135. The molecule has 0 saturated heterocycles. The van der Waals surface area contributed by atoms with Gasteiger partial charge in [-0.2, -0.15) is 0 Å². The zero-order chi connectivity index (χ0) is 16.7. The van der Waals surface area contributed by atoms with Crippen molar-refractivity contribution in [3.63, 3.8) is 0 Å². The van der Waals surface area contributed by atoms with E-state index in [1.54, 1.807) is 0 Å². The Hall–Kier alpha value is -1.10. The van der Waals surface area contributed by atoms with Gasteiger partial charge in [0.2, 0.25) is 0 Å².